The highest BCUT2D eigenvalue weighted by atomic mass is 19.4. The van der Waals surface area contributed by atoms with Crippen molar-refractivity contribution in [2.24, 2.45) is 0 Å². The number of fused-ring (bicyclic) bond motifs is 3. The normalized spacial score (nSPS) is 12.5. The Balaban J connectivity index is 1.48. The first-order chi connectivity index (χ1) is 23.0. The van der Waals surface area contributed by atoms with Crippen molar-refractivity contribution in [2.45, 2.75) is 24.7 Å². The molecule has 0 saturated carbocycles. The zero-order chi connectivity index (χ0) is 33.7. The van der Waals surface area contributed by atoms with E-state index < -0.39 is 28.9 Å². The molecule has 7 aromatic rings. The molecule has 1 aromatic heterocycles. The van der Waals surface area contributed by atoms with Crippen LogP contribution in [0.3, 0.4) is 0 Å². The molecule has 0 aliphatic rings. The first-order valence-electron chi connectivity index (χ1n) is 15.3. The Morgan fingerprint density at radius 2 is 1.06 bits per heavy atom. The Morgan fingerprint density at radius 3 is 1.77 bits per heavy atom. The minimum atomic E-state index is -5.74. The van der Waals surface area contributed by atoms with Crippen LogP contribution in [0.25, 0.3) is 38.6 Å². The molecule has 0 atom stereocenters. The van der Waals surface area contributed by atoms with Crippen LogP contribution in [0.1, 0.15) is 16.7 Å². The zero-order valence-corrected chi connectivity index (χ0v) is 25.6. The number of benzene rings is 6. The van der Waals surface area contributed by atoms with Gasteiger partial charge in [0.15, 0.2) is 0 Å². The van der Waals surface area contributed by atoms with Gasteiger partial charge in [-0.3, -0.25) is 0 Å². The Labute approximate surface area is 272 Å². The van der Waals surface area contributed by atoms with Crippen molar-refractivity contribution in [3.8, 4) is 16.8 Å². The van der Waals surface area contributed by atoms with E-state index in [0.29, 0.717) is 33.2 Å². The second kappa shape index (κ2) is 11.6. The molecular formula is C40H28F6N2. The van der Waals surface area contributed by atoms with Gasteiger partial charge in [0.1, 0.15) is 0 Å². The number of hydrogen-bond acceptors (Lipinski definition) is 1. The maximum Gasteiger partial charge on any atom is 0.411 e. The van der Waals surface area contributed by atoms with Crippen molar-refractivity contribution >= 4 is 33.2 Å². The van der Waals surface area contributed by atoms with E-state index in [2.05, 4.69) is 5.32 Å². The van der Waals surface area contributed by atoms with Gasteiger partial charge in [0, 0.05) is 33.4 Å². The maximum absolute atomic E-state index is 15.5. The molecule has 0 bridgehead atoms. The molecule has 0 radical (unpaired) electrons. The topological polar surface area (TPSA) is 17.0 Å². The highest BCUT2D eigenvalue weighted by Crippen LogP contribution is 2.57. The number of para-hydroxylation sites is 4. The van der Waals surface area contributed by atoms with Gasteiger partial charge in [-0.2, -0.15) is 26.3 Å². The van der Waals surface area contributed by atoms with Gasteiger partial charge in [0.2, 0.25) is 5.41 Å². The minimum absolute atomic E-state index is 0.256. The average Bonchev–Trinajstić information content (AvgIpc) is 3.39. The lowest BCUT2D eigenvalue weighted by Crippen LogP contribution is -2.54. The van der Waals surface area contributed by atoms with E-state index in [9.17, 15) is 0 Å². The number of nitrogens with zero attached hydrogens (tertiary/aromatic N) is 1. The summed E-state index contributed by atoms with van der Waals surface area (Å²) in [4.78, 5) is 0. The van der Waals surface area contributed by atoms with Crippen molar-refractivity contribution in [2.75, 3.05) is 5.32 Å². The Morgan fingerprint density at radius 1 is 0.500 bits per heavy atom. The molecular weight excluding hydrogens is 622 g/mol. The molecule has 0 saturated heterocycles. The zero-order valence-electron chi connectivity index (χ0n) is 25.6. The summed E-state index contributed by atoms with van der Waals surface area (Å²) in [5.74, 6) is 0. The molecule has 0 spiro atoms. The summed E-state index contributed by atoms with van der Waals surface area (Å²) in [6.07, 6.45) is -11.5. The number of aryl methyl sites for hydroxylation is 1. The summed E-state index contributed by atoms with van der Waals surface area (Å²) in [7, 11) is 0. The molecule has 0 unspecified atom stereocenters. The summed E-state index contributed by atoms with van der Waals surface area (Å²) in [6, 6.07) is 38.9. The molecule has 2 nitrogen and oxygen atoms in total. The minimum Gasteiger partial charge on any atom is -0.355 e. The lowest BCUT2D eigenvalue weighted by Gasteiger charge is -2.38. The molecule has 240 valence electrons. The number of hydrogen-bond donors (Lipinski definition) is 1. The van der Waals surface area contributed by atoms with Gasteiger partial charge in [0.05, 0.1) is 11.0 Å². The molecule has 1 heterocycles. The van der Waals surface area contributed by atoms with Crippen LogP contribution in [0.4, 0.5) is 37.7 Å². The molecule has 7 rings (SSSR count). The highest BCUT2D eigenvalue weighted by Gasteiger charge is 2.72. The van der Waals surface area contributed by atoms with Crippen LogP contribution in [0.2, 0.25) is 0 Å². The quantitative estimate of drug-likeness (QED) is 0.177. The maximum atomic E-state index is 15.5. The fourth-order valence-corrected chi connectivity index (χ4v) is 6.69. The van der Waals surface area contributed by atoms with Gasteiger partial charge in [-0.05, 0) is 83.8 Å². The fraction of sp³-hybridized carbons (Fsp3) is 0.100. The van der Waals surface area contributed by atoms with Crippen molar-refractivity contribution < 1.29 is 26.3 Å². The standard InChI is InChI=1S/C40H28F6N2/c1-26-20-21-27(24-33(26)31-16-8-10-18-35(31)47-29-12-4-2-5-13-29)38(39(41,42)43,40(44,45)46)28-22-23-37-34(25-28)32-17-9-11-19-36(32)48(37)30-14-6-3-7-15-30/h2-25,47H,1H3. The number of rotatable bonds is 6. The molecule has 1 N–H and O–H groups in total. The Kier molecular flexibility index (Phi) is 7.54. The van der Waals surface area contributed by atoms with E-state index in [-0.39, 0.29) is 10.9 Å². The molecule has 6 aromatic carbocycles. The van der Waals surface area contributed by atoms with E-state index in [4.69, 9.17) is 0 Å². The van der Waals surface area contributed by atoms with Crippen molar-refractivity contribution in [1.82, 2.24) is 4.57 Å². The first-order valence-corrected chi connectivity index (χ1v) is 15.3. The number of halogens is 6. The molecule has 0 amide bonds. The van der Waals surface area contributed by atoms with Crippen molar-refractivity contribution in [1.29, 1.82) is 0 Å². The Hall–Kier alpha value is -5.50. The van der Waals surface area contributed by atoms with E-state index >= 15 is 26.3 Å². The van der Waals surface area contributed by atoms with Gasteiger partial charge >= 0.3 is 12.4 Å². The number of alkyl halides is 6. The van der Waals surface area contributed by atoms with E-state index in [0.717, 1.165) is 35.6 Å². The molecule has 8 heteroatoms. The smallest absolute Gasteiger partial charge is 0.355 e. The monoisotopic (exact) mass is 650 g/mol. The van der Waals surface area contributed by atoms with Crippen LogP contribution in [0, 0.1) is 6.92 Å². The summed E-state index contributed by atoms with van der Waals surface area (Å²) in [5, 5.41) is 4.08. The van der Waals surface area contributed by atoms with Gasteiger partial charge in [0.25, 0.3) is 0 Å². The highest BCUT2D eigenvalue weighted by molar-refractivity contribution is 6.09. The largest absolute Gasteiger partial charge is 0.411 e. The number of aromatic nitrogens is 1. The summed E-state index contributed by atoms with van der Waals surface area (Å²) < 4.78 is 94.8. The van der Waals surface area contributed by atoms with E-state index in [1.54, 1.807) is 55.5 Å². The van der Waals surface area contributed by atoms with E-state index in [1.807, 2.05) is 65.2 Å². The van der Waals surface area contributed by atoms with E-state index in [1.165, 1.54) is 12.1 Å². The third-order valence-corrected chi connectivity index (χ3v) is 8.91. The fourth-order valence-electron chi connectivity index (χ4n) is 6.69. The van der Waals surface area contributed by atoms with Crippen LogP contribution < -0.4 is 5.32 Å². The lowest BCUT2D eigenvalue weighted by molar-refractivity contribution is -0.288. The van der Waals surface area contributed by atoms with Gasteiger partial charge in [-0.15, -0.1) is 0 Å². The van der Waals surface area contributed by atoms with Gasteiger partial charge in [-0.1, -0.05) is 91.0 Å². The Bertz CT molecular complexity index is 2240. The summed E-state index contributed by atoms with van der Waals surface area (Å²) in [5.41, 5.74) is -1.72. The average molecular weight is 651 g/mol. The van der Waals surface area contributed by atoms with Crippen molar-refractivity contribution in [3.05, 3.63) is 162 Å². The third-order valence-electron chi connectivity index (χ3n) is 8.91. The van der Waals surface area contributed by atoms with Crippen LogP contribution in [0.15, 0.2) is 146 Å². The predicted octanol–water partition coefficient (Wildman–Crippen LogP) is 11.9. The van der Waals surface area contributed by atoms with Gasteiger partial charge < -0.3 is 9.88 Å². The van der Waals surface area contributed by atoms with Crippen molar-refractivity contribution in [3.63, 3.8) is 0 Å². The SMILES string of the molecule is Cc1ccc(C(c2ccc3c(c2)c2ccccc2n3-c2ccccc2)(C(F)(F)F)C(F)(F)F)cc1-c1ccccc1Nc1ccccc1. The molecule has 0 aliphatic heterocycles. The molecule has 48 heavy (non-hydrogen) atoms. The second-order valence-electron chi connectivity index (χ2n) is 11.7. The second-order valence-corrected chi connectivity index (χ2v) is 11.7. The van der Waals surface area contributed by atoms with Crippen LogP contribution in [0.5, 0.6) is 0 Å². The van der Waals surface area contributed by atoms with Crippen LogP contribution in [-0.2, 0) is 5.41 Å². The van der Waals surface area contributed by atoms with Crippen LogP contribution in [-0.4, -0.2) is 16.9 Å². The van der Waals surface area contributed by atoms with Gasteiger partial charge in [-0.25, -0.2) is 0 Å². The predicted molar refractivity (Wildman–Crippen MR) is 180 cm³/mol. The summed E-state index contributed by atoms with van der Waals surface area (Å²) >= 11 is 0. The number of anilines is 2. The molecule has 0 aliphatic carbocycles. The first kappa shape index (κ1) is 31.1. The van der Waals surface area contributed by atoms with Crippen LogP contribution >= 0.6 is 0 Å². The molecule has 0 fully saturated rings. The summed E-state index contributed by atoms with van der Waals surface area (Å²) in [6.45, 7) is 1.67. The third kappa shape index (κ3) is 4.99. The number of nitrogens with one attached hydrogen (secondary N) is 1. The lowest BCUT2D eigenvalue weighted by atomic mass is 9.71.